The summed E-state index contributed by atoms with van der Waals surface area (Å²) in [5.41, 5.74) is 6.33. The lowest BCUT2D eigenvalue weighted by molar-refractivity contribution is -0.148. The van der Waals surface area contributed by atoms with Crippen LogP contribution in [0.3, 0.4) is 0 Å². The van der Waals surface area contributed by atoms with E-state index < -0.39 is 138 Å². The van der Waals surface area contributed by atoms with Gasteiger partial charge in [0.2, 0.25) is 53.2 Å². The molecule has 0 aromatic heterocycles. The van der Waals surface area contributed by atoms with E-state index in [1.165, 1.54) is 79.2 Å². The molecule has 4 rings (SSSR count). The van der Waals surface area contributed by atoms with Crippen LogP contribution in [0.1, 0.15) is 91.2 Å². The minimum Gasteiger partial charge on any atom is -0.508 e. The first-order valence-corrected chi connectivity index (χ1v) is 29.4. The van der Waals surface area contributed by atoms with Gasteiger partial charge in [-0.2, -0.15) is 12.6 Å². The summed E-state index contributed by atoms with van der Waals surface area (Å²) >= 11 is 4.30. The highest BCUT2D eigenvalue weighted by molar-refractivity contribution is 7.80. The number of ketones is 1. The van der Waals surface area contributed by atoms with Crippen molar-refractivity contribution in [3.63, 3.8) is 0 Å². The van der Waals surface area contributed by atoms with Crippen LogP contribution in [0.2, 0.25) is 0 Å². The number of hydrogen-bond acceptors (Lipinski definition) is 18. The molecule has 2 aliphatic rings. The molecule has 0 saturated carbocycles. The first-order chi connectivity index (χ1) is 40.6. The van der Waals surface area contributed by atoms with Crippen LogP contribution in [-0.2, 0) is 60.8 Å². The molecule has 0 radical (unpaired) electrons. The minimum absolute atomic E-state index is 0.0505. The SMILES string of the molecule is CN[C@@H](CCCNC(=N)N)C(=O)N[C@@H](Cc1ccc(O)cc1)C(=O)NC(C(=O)N[C@@H](CO)C(=O)N[C@@H](CS)C(=O)N1CCC[C@H]1C(=O)N1CCC[C@H]1C(=O)N[C@@H](Cc1ccc(O)cc1)C(=O)NC(C(=O)N[C@H](C(=O)C(C)C)C(C)C)[C@@H](C)O)[C@@H](C)O. The van der Waals surface area contributed by atoms with Crippen molar-refractivity contribution in [2.24, 2.45) is 17.6 Å². The number of nitrogens with two attached hydrogens (primary N) is 1. The zero-order valence-corrected chi connectivity index (χ0v) is 50.5. The standard InChI is InChI=1S/C57H87N13O15S/c1-29(2)44(47(76)30(3)4)66-54(83)46(32(6)73)68-50(79)39(26-34-16-20-36(75)21-17-34)63-52(81)42-12-9-23-69(42)56(85)43-13-10-24-70(43)55(84)41(28-86)65-51(80)40(27-71)64-53(82)45(31(5)72)67-49(78)38(25-33-14-18-35(74)19-15-33)62-48(77)37(60-7)11-8-22-61-57(58)59/h14-21,29-32,37-46,60,71-75,86H,8-13,22-28H2,1-7H3,(H,62,77)(H,63,81)(H,64,82)(H,65,80)(H,66,83)(H,67,78)(H,68,79)(H4,58,59,61)/t31-,32-,37+,38+,39+,40+,41+,42+,43+,44+,45?,46?/m1/s1. The molecule has 28 nitrogen and oxygen atoms in total. The lowest BCUT2D eigenvalue weighted by Crippen LogP contribution is -2.62. The number of carbonyl (C=O) groups is 10. The molecule has 0 aliphatic carbocycles. The molecule has 17 N–H and O–H groups in total. The Hall–Kier alpha value is -7.60. The summed E-state index contributed by atoms with van der Waals surface area (Å²) in [4.78, 5) is 142. The molecule has 2 heterocycles. The van der Waals surface area contributed by atoms with E-state index in [1.54, 1.807) is 27.7 Å². The average molecular weight is 1230 g/mol. The first kappa shape index (κ1) is 70.9. The third-order valence-electron chi connectivity index (χ3n) is 14.9. The number of phenols is 2. The number of thiol groups is 1. The first-order valence-electron chi connectivity index (χ1n) is 28.8. The van der Waals surface area contributed by atoms with Crippen molar-refractivity contribution in [3.8, 4) is 11.5 Å². The molecule has 2 unspecified atom stereocenters. The van der Waals surface area contributed by atoms with Crippen molar-refractivity contribution >= 4 is 77.5 Å². The average Bonchev–Trinajstić information content (AvgIpc) is 2.57. The Balaban J connectivity index is 1.47. The highest BCUT2D eigenvalue weighted by atomic mass is 32.1. The van der Waals surface area contributed by atoms with Crippen LogP contribution in [0.5, 0.6) is 11.5 Å². The Kier molecular flexibility index (Phi) is 28.0. The van der Waals surface area contributed by atoms with E-state index in [0.717, 1.165) is 0 Å². The van der Waals surface area contributed by atoms with Crippen molar-refractivity contribution in [1.29, 1.82) is 5.41 Å². The van der Waals surface area contributed by atoms with Gasteiger partial charge in [0.15, 0.2) is 11.7 Å². The quantitative estimate of drug-likeness (QED) is 0.0147. The summed E-state index contributed by atoms with van der Waals surface area (Å²) in [6.07, 6.45) is -1.70. The molecule has 476 valence electrons. The highest BCUT2D eigenvalue weighted by Gasteiger charge is 2.45. The number of hydrogen-bond donors (Lipinski definition) is 17. The van der Waals surface area contributed by atoms with Gasteiger partial charge in [0.05, 0.1) is 30.9 Å². The second kappa shape index (κ2) is 33.9. The van der Waals surface area contributed by atoms with Crippen molar-refractivity contribution < 1.29 is 73.5 Å². The molecule has 2 aromatic carbocycles. The van der Waals surface area contributed by atoms with E-state index in [9.17, 15) is 73.5 Å². The zero-order valence-electron chi connectivity index (χ0n) is 49.6. The van der Waals surface area contributed by atoms with Crippen LogP contribution in [0, 0.1) is 17.2 Å². The van der Waals surface area contributed by atoms with Crippen LogP contribution >= 0.6 is 12.6 Å². The van der Waals surface area contributed by atoms with Crippen LogP contribution in [-0.4, -0.2) is 212 Å². The molecule has 9 amide bonds. The van der Waals surface area contributed by atoms with E-state index in [2.05, 4.69) is 60.5 Å². The molecule has 0 spiro atoms. The monoisotopic (exact) mass is 1230 g/mol. The van der Waals surface area contributed by atoms with Crippen molar-refractivity contribution in [2.75, 3.05) is 39.0 Å². The number of nitrogens with one attached hydrogen (secondary N) is 10. The molecule has 2 aromatic rings. The number of guanidine groups is 1. The number of likely N-dealkylation sites (N-methyl/N-ethyl adjacent to an activating group) is 1. The molecular weight excluding hydrogens is 1140 g/mol. The van der Waals surface area contributed by atoms with Crippen molar-refractivity contribution in [3.05, 3.63) is 59.7 Å². The number of phenolic OH excluding ortho intramolecular Hbond substituents is 2. The maximum Gasteiger partial charge on any atom is 0.246 e. The van der Waals surface area contributed by atoms with E-state index in [4.69, 9.17) is 11.1 Å². The molecule has 0 bridgehead atoms. The Bertz CT molecular complexity index is 2680. The van der Waals surface area contributed by atoms with Crippen LogP contribution < -0.4 is 53.6 Å². The number of rotatable bonds is 32. The highest BCUT2D eigenvalue weighted by Crippen LogP contribution is 2.26. The number of Topliss-reactive ketones (excluding diaryl/α,β-unsaturated/α-hetero) is 1. The maximum absolute atomic E-state index is 14.5. The van der Waals surface area contributed by atoms with Gasteiger partial charge in [-0.25, -0.2) is 0 Å². The summed E-state index contributed by atoms with van der Waals surface area (Å²) in [7, 11) is 1.53. The number of amides is 9. The zero-order chi connectivity index (χ0) is 64.1. The molecule has 2 fully saturated rings. The fraction of sp³-hybridized carbons (Fsp3) is 0.596. The second-order valence-corrected chi connectivity index (χ2v) is 22.7. The van der Waals surface area contributed by atoms with Gasteiger partial charge in [0.25, 0.3) is 0 Å². The minimum atomic E-state index is -1.77. The predicted molar refractivity (Wildman–Crippen MR) is 318 cm³/mol. The Labute approximate surface area is 505 Å². The molecule has 86 heavy (non-hydrogen) atoms. The van der Waals surface area contributed by atoms with Gasteiger partial charge in [-0.3, -0.25) is 53.4 Å². The molecule has 2 saturated heterocycles. The topological polar surface area (TPSA) is 436 Å². The number of nitrogens with zero attached hydrogens (tertiary/aromatic N) is 2. The Morgan fingerprint density at radius 2 is 1.05 bits per heavy atom. The van der Waals surface area contributed by atoms with E-state index in [-0.39, 0.29) is 86.7 Å². The smallest absolute Gasteiger partial charge is 0.246 e. The molecule has 12 atom stereocenters. The summed E-state index contributed by atoms with van der Waals surface area (Å²) < 4.78 is 0. The summed E-state index contributed by atoms with van der Waals surface area (Å²) in [5, 5.41) is 82.3. The fourth-order valence-electron chi connectivity index (χ4n) is 10.0. The maximum atomic E-state index is 14.5. The van der Waals surface area contributed by atoms with E-state index >= 15 is 0 Å². The lowest BCUT2D eigenvalue weighted by Gasteiger charge is -2.33. The summed E-state index contributed by atoms with van der Waals surface area (Å²) in [6.45, 7) is 8.68. The van der Waals surface area contributed by atoms with Gasteiger partial charge in [0.1, 0.15) is 59.8 Å². The summed E-state index contributed by atoms with van der Waals surface area (Å²) in [5.74, 6) is -9.31. The third kappa shape index (κ3) is 20.5. The number of aliphatic hydroxyl groups excluding tert-OH is 3. The van der Waals surface area contributed by atoms with Gasteiger partial charge in [0, 0.05) is 44.1 Å². The van der Waals surface area contributed by atoms with E-state index in [0.29, 0.717) is 30.4 Å². The molecular formula is C57H87N13O15S. The number of benzene rings is 2. The molecule has 2 aliphatic heterocycles. The fourth-order valence-corrected chi connectivity index (χ4v) is 10.3. The van der Waals surface area contributed by atoms with Gasteiger partial charge in [-0.1, -0.05) is 52.0 Å². The largest absolute Gasteiger partial charge is 0.508 e. The van der Waals surface area contributed by atoms with Crippen LogP contribution in [0.25, 0.3) is 0 Å². The van der Waals surface area contributed by atoms with Crippen molar-refractivity contribution in [2.45, 2.75) is 166 Å². The normalized spacial score (nSPS) is 18.4. The van der Waals surface area contributed by atoms with Gasteiger partial charge >= 0.3 is 0 Å². The second-order valence-electron chi connectivity index (χ2n) is 22.3. The van der Waals surface area contributed by atoms with Crippen LogP contribution in [0.15, 0.2) is 48.5 Å². The van der Waals surface area contributed by atoms with Crippen LogP contribution in [0.4, 0.5) is 0 Å². The lowest BCUT2D eigenvalue weighted by atomic mass is 9.92. The Morgan fingerprint density at radius 3 is 1.51 bits per heavy atom. The Morgan fingerprint density at radius 1 is 0.605 bits per heavy atom. The predicted octanol–water partition coefficient (Wildman–Crippen LogP) is -3.33. The molecule has 29 heteroatoms. The summed E-state index contributed by atoms with van der Waals surface area (Å²) in [6, 6.07) is -1.78. The van der Waals surface area contributed by atoms with Gasteiger partial charge in [-0.15, -0.1) is 0 Å². The van der Waals surface area contributed by atoms with E-state index in [1.807, 2.05) is 0 Å². The van der Waals surface area contributed by atoms with Gasteiger partial charge < -0.3 is 88.9 Å². The third-order valence-corrected chi connectivity index (χ3v) is 15.3. The number of aromatic hydroxyl groups is 2. The number of aliphatic hydroxyl groups is 3. The van der Waals surface area contributed by atoms with Crippen molar-refractivity contribution in [1.82, 2.24) is 57.7 Å². The van der Waals surface area contributed by atoms with Gasteiger partial charge in [-0.05, 0) is 101 Å². The number of carbonyl (C=O) groups excluding carboxylic acids is 10. The number of likely N-dealkylation sites (tertiary alicyclic amines) is 2.